The highest BCUT2D eigenvalue weighted by Crippen LogP contribution is 2.28. The number of methoxy groups -OCH3 is 1. The van der Waals surface area contributed by atoms with Crippen LogP contribution in [0.25, 0.3) is 5.52 Å². The molecule has 6 heteroatoms. The van der Waals surface area contributed by atoms with E-state index in [1.807, 2.05) is 47.1 Å². The molecule has 148 valence electrons. The number of aromatic nitrogens is 2. The van der Waals surface area contributed by atoms with Gasteiger partial charge in [-0.3, -0.25) is 4.90 Å². The zero-order chi connectivity index (χ0) is 19.2. The van der Waals surface area contributed by atoms with Gasteiger partial charge >= 0.3 is 0 Å². The van der Waals surface area contributed by atoms with E-state index < -0.39 is 0 Å². The van der Waals surface area contributed by atoms with Crippen molar-refractivity contribution in [3.63, 3.8) is 0 Å². The predicted octanol–water partition coefficient (Wildman–Crippen LogP) is 3.32. The van der Waals surface area contributed by atoms with Gasteiger partial charge in [0.1, 0.15) is 5.75 Å². The maximum absolute atomic E-state index is 5.81. The third-order valence-electron chi connectivity index (χ3n) is 5.26. The van der Waals surface area contributed by atoms with Crippen molar-refractivity contribution in [1.82, 2.24) is 14.5 Å². The van der Waals surface area contributed by atoms with E-state index in [1.165, 1.54) is 5.69 Å². The van der Waals surface area contributed by atoms with E-state index >= 15 is 0 Å². The van der Waals surface area contributed by atoms with Crippen molar-refractivity contribution < 1.29 is 9.47 Å². The Kier molecular flexibility index (Phi) is 5.97. The smallest absolute Gasteiger partial charge is 0.233 e. The summed E-state index contributed by atoms with van der Waals surface area (Å²) >= 11 is 0. The molecule has 2 aromatic heterocycles. The monoisotopic (exact) mass is 380 g/mol. The topological polar surface area (TPSA) is 42.2 Å². The van der Waals surface area contributed by atoms with E-state index in [2.05, 4.69) is 27.0 Å². The summed E-state index contributed by atoms with van der Waals surface area (Å²) in [5.41, 5.74) is 2.26. The van der Waals surface area contributed by atoms with Gasteiger partial charge in [0.2, 0.25) is 5.88 Å². The predicted molar refractivity (Wildman–Crippen MR) is 112 cm³/mol. The molecule has 3 aromatic rings. The number of rotatable bonds is 8. The molecule has 4 rings (SSSR count). The van der Waals surface area contributed by atoms with Gasteiger partial charge in [-0.15, -0.1) is 5.10 Å². The Hall–Kier alpha value is -2.73. The van der Waals surface area contributed by atoms with Crippen LogP contribution in [-0.2, 0) is 0 Å². The fourth-order valence-electron chi connectivity index (χ4n) is 3.70. The largest absolute Gasteiger partial charge is 0.495 e. The highest BCUT2D eigenvalue weighted by Gasteiger charge is 2.19. The highest BCUT2D eigenvalue weighted by atomic mass is 16.5. The lowest BCUT2D eigenvalue weighted by atomic mass is 10.2. The maximum atomic E-state index is 5.81. The van der Waals surface area contributed by atoms with Gasteiger partial charge in [0.05, 0.1) is 24.9 Å². The fraction of sp³-hybridized carbons (Fsp3) is 0.409. The maximum Gasteiger partial charge on any atom is 0.233 e. The lowest BCUT2D eigenvalue weighted by Crippen LogP contribution is -2.46. The number of para-hydroxylation sites is 2. The number of piperazine rings is 1. The van der Waals surface area contributed by atoms with Crippen molar-refractivity contribution >= 4 is 11.2 Å². The summed E-state index contributed by atoms with van der Waals surface area (Å²) in [6, 6.07) is 16.3. The van der Waals surface area contributed by atoms with E-state index in [9.17, 15) is 0 Å². The lowest BCUT2D eigenvalue weighted by Gasteiger charge is -2.36. The van der Waals surface area contributed by atoms with E-state index in [1.54, 1.807) is 7.11 Å². The number of ether oxygens (including phenoxy) is 2. The fourth-order valence-corrected chi connectivity index (χ4v) is 3.70. The van der Waals surface area contributed by atoms with E-state index in [0.717, 1.165) is 56.8 Å². The Balaban J connectivity index is 1.16. The summed E-state index contributed by atoms with van der Waals surface area (Å²) in [6.07, 6.45) is 4.12. The van der Waals surface area contributed by atoms with Crippen LogP contribution in [0.5, 0.6) is 11.6 Å². The van der Waals surface area contributed by atoms with Crippen LogP contribution in [0, 0.1) is 0 Å². The molecule has 0 spiro atoms. The van der Waals surface area contributed by atoms with Crippen LogP contribution in [0.3, 0.4) is 0 Å². The summed E-state index contributed by atoms with van der Waals surface area (Å²) in [6.45, 7) is 6.09. The minimum Gasteiger partial charge on any atom is -0.495 e. The van der Waals surface area contributed by atoms with Crippen molar-refractivity contribution in [1.29, 1.82) is 0 Å². The quantitative estimate of drug-likeness (QED) is 0.561. The van der Waals surface area contributed by atoms with Gasteiger partial charge in [0, 0.05) is 38.4 Å². The first-order valence-corrected chi connectivity index (χ1v) is 10.0. The third-order valence-corrected chi connectivity index (χ3v) is 5.26. The molecule has 3 heterocycles. The molecule has 1 aliphatic heterocycles. The number of hydrogen-bond acceptors (Lipinski definition) is 5. The number of fused-ring (bicyclic) bond motifs is 1. The summed E-state index contributed by atoms with van der Waals surface area (Å²) in [7, 11) is 1.74. The van der Waals surface area contributed by atoms with E-state index in [4.69, 9.17) is 9.47 Å². The molecular formula is C22H28N4O2. The molecule has 1 saturated heterocycles. The molecule has 0 saturated carbocycles. The number of unbranched alkanes of at least 4 members (excludes halogenated alkanes) is 1. The average molecular weight is 380 g/mol. The van der Waals surface area contributed by atoms with Gasteiger partial charge in [-0.2, -0.15) is 0 Å². The SMILES string of the molecule is COc1ccccc1N1CCN(CCCCOc2cc3ccccn3n2)CC1. The first kappa shape index (κ1) is 18.6. The normalized spacial score (nSPS) is 15.1. The van der Waals surface area contributed by atoms with Gasteiger partial charge in [-0.05, 0) is 43.7 Å². The molecule has 0 atom stereocenters. The summed E-state index contributed by atoms with van der Waals surface area (Å²) in [5.74, 6) is 1.66. The molecule has 0 N–H and O–H groups in total. The first-order chi connectivity index (χ1) is 13.8. The van der Waals surface area contributed by atoms with Crippen molar-refractivity contribution in [2.24, 2.45) is 0 Å². The molecule has 0 unspecified atom stereocenters. The van der Waals surface area contributed by atoms with E-state index in [-0.39, 0.29) is 0 Å². The molecule has 28 heavy (non-hydrogen) atoms. The lowest BCUT2D eigenvalue weighted by molar-refractivity contribution is 0.236. The minimum absolute atomic E-state index is 0.705. The zero-order valence-electron chi connectivity index (χ0n) is 16.5. The Bertz CT molecular complexity index is 854. The van der Waals surface area contributed by atoms with Crippen molar-refractivity contribution in [2.45, 2.75) is 12.8 Å². The Morgan fingerprint density at radius 2 is 1.79 bits per heavy atom. The van der Waals surface area contributed by atoms with Gasteiger partial charge in [-0.1, -0.05) is 18.2 Å². The van der Waals surface area contributed by atoms with Crippen molar-refractivity contribution in [2.75, 3.05) is 51.3 Å². The van der Waals surface area contributed by atoms with Crippen LogP contribution in [0.15, 0.2) is 54.7 Å². The molecule has 6 nitrogen and oxygen atoms in total. The second-order valence-electron chi connectivity index (χ2n) is 7.11. The van der Waals surface area contributed by atoms with E-state index in [0.29, 0.717) is 12.5 Å². The van der Waals surface area contributed by atoms with Gasteiger partial charge < -0.3 is 14.4 Å². The molecule has 0 amide bonds. The summed E-state index contributed by atoms with van der Waals surface area (Å²) < 4.78 is 13.1. The van der Waals surface area contributed by atoms with Crippen LogP contribution in [0.1, 0.15) is 12.8 Å². The van der Waals surface area contributed by atoms with Crippen LogP contribution in [0.2, 0.25) is 0 Å². The molecule has 0 radical (unpaired) electrons. The third kappa shape index (κ3) is 4.39. The Morgan fingerprint density at radius 3 is 2.61 bits per heavy atom. The van der Waals surface area contributed by atoms with Crippen molar-refractivity contribution in [3.05, 3.63) is 54.7 Å². The number of benzene rings is 1. The van der Waals surface area contributed by atoms with Crippen molar-refractivity contribution in [3.8, 4) is 11.6 Å². The molecule has 0 bridgehead atoms. The van der Waals surface area contributed by atoms with Gasteiger partial charge in [0.15, 0.2) is 0 Å². The standard InChI is InChI=1S/C22H28N4O2/c1-27-21-10-3-2-9-20(21)25-15-13-24(14-16-25)11-6-7-17-28-22-18-19-8-4-5-12-26(19)23-22/h2-5,8-10,12,18H,6-7,11,13-17H2,1H3. The number of pyridine rings is 1. The molecule has 1 fully saturated rings. The summed E-state index contributed by atoms with van der Waals surface area (Å²) in [4.78, 5) is 4.96. The second kappa shape index (κ2) is 8.97. The highest BCUT2D eigenvalue weighted by molar-refractivity contribution is 5.58. The van der Waals surface area contributed by atoms with Crippen LogP contribution in [0.4, 0.5) is 5.69 Å². The molecule has 0 aliphatic carbocycles. The molecule has 1 aromatic carbocycles. The first-order valence-electron chi connectivity index (χ1n) is 10.0. The zero-order valence-corrected chi connectivity index (χ0v) is 16.5. The Labute approximate surface area is 166 Å². The second-order valence-corrected chi connectivity index (χ2v) is 7.11. The molecule has 1 aliphatic rings. The summed E-state index contributed by atoms with van der Waals surface area (Å²) in [5, 5.41) is 4.42. The van der Waals surface area contributed by atoms with Crippen LogP contribution < -0.4 is 14.4 Å². The number of nitrogens with zero attached hydrogens (tertiary/aromatic N) is 4. The average Bonchev–Trinajstić information content (AvgIpc) is 3.17. The molecular weight excluding hydrogens is 352 g/mol. The minimum atomic E-state index is 0.705. The Morgan fingerprint density at radius 1 is 0.964 bits per heavy atom. The van der Waals surface area contributed by atoms with Crippen LogP contribution in [-0.4, -0.2) is 61.0 Å². The number of hydrogen-bond donors (Lipinski definition) is 0. The van der Waals surface area contributed by atoms with Gasteiger partial charge in [-0.25, -0.2) is 4.52 Å². The van der Waals surface area contributed by atoms with Gasteiger partial charge in [0.25, 0.3) is 0 Å². The van der Waals surface area contributed by atoms with Crippen LogP contribution >= 0.6 is 0 Å². The number of anilines is 1.